The fourth-order valence-corrected chi connectivity index (χ4v) is 5.79. The number of carbonyl (C=O) groups excluding carboxylic acids is 1. The Balaban J connectivity index is 1.32. The van der Waals surface area contributed by atoms with Gasteiger partial charge in [-0.25, -0.2) is 9.97 Å². The van der Waals surface area contributed by atoms with E-state index in [0.29, 0.717) is 11.5 Å². The third-order valence-corrected chi connectivity index (χ3v) is 7.97. The molecular formula is C31H36N8O2. The summed E-state index contributed by atoms with van der Waals surface area (Å²) in [5, 5.41) is 11.7. The Labute approximate surface area is 239 Å². The second-order valence-corrected chi connectivity index (χ2v) is 12.5. The number of benzene rings is 1. The molecule has 0 saturated carbocycles. The summed E-state index contributed by atoms with van der Waals surface area (Å²) in [5.41, 5.74) is 7.12. The summed E-state index contributed by atoms with van der Waals surface area (Å²) in [6, 6.07) is 8.74. The van der Waals surface area contributed by atoms with Gasteiger partial charge in [0.05, 0.1) is 22.8 Å². The van der Waals surface area contributed by atoms with E-state index in [1.54, 1.807) is 6.20 Å². The summed E-state index contributed by atoms with van der Waals surface area (Å²) in [4.78, 5) is 30.4. The monoisotopic (exact) mass is 552 g/mol. The van der Waals surface area contributed by atoms with Crippen LogP contribution in [0.1, 0.15) is 93.8 Å². The zero-order valence-corrected chi connectivity index (χ0v) is 24.7. The van der Waals surface area contributed by atoms with Gasteiger partial charge in [0.15, 0.2) is 5.65 Å². The number of H-pyrrole nitrogens is 1. The number of amides is 1. The topological polar surface area (TPSA) is 127 Å². The lowest BCUT2D eigenvalue weighted by molar-refractivity contribution is 0.0881. The van der Waals surface area contributed by atoms with E-state index in [1.807, 2.05) is 37.7 Å². The van der Waals surface area contributed by atoms with E-state index in [-0.39, 0.29) is 23.2 Å². The molecule has 0 radical (unpaired) electrons. The van der Waals surface area contributed by atoms with E-state index in [1.165, 1.54) is 5.56 Å². The number of carbonyl (C=O) groups is 1. The van der Waals surface area contributed by atoms with Crippen LogP contribution >= 0.6 is 0 Å². The van der Waals surface area contributed by atoms with Crippen LogP contribution in [0, 0.1) is 6.92 Å². The summed E-state index contributed by atoms with van der Waals surface area (Å²) < 4.78 is 7.35. The number of hydrogen-bond donors (Lipinski definition) is 2. The van der Waals surface area contributed by atoms with Crippen LogP contribution in [-0.4, -0.2) is 40.8 Å². The first kappa shape index (κ1) is 26.9. The summed E-state index contributed by atoms with van der Waals surface area (Å²) in [5.74, 6) is 0.925. The van der Waals surface area contributed by atoms with Gasteiger partial charge in [-0.1, -0.05) is 44.1 Å². The minimum Gasteiger partial charge on any atom is -0.340 e. The van der Waals surface area contributed by atoms with Crippen molar-refractivity contribution >= 4 is 17.1 Å². The quantitative estimate of drug-likeness (QED) is 0.272. The highest BCUT2D eigenvalue weighted by atomic mass is 16.5. The predicted octanol–water partition coefficient (Wildman–Crippen LogP) is 6.04. The summed E-state index contributed by atoms with van der Waals surface area (Å²) in [7, 11) is 0. The van der Waals surface area contributed by atoms with Gasteiger partial charge in [-0.3, -0.25) is 9.48 Å². The first-order chi connectivity index (χ1) is 19.4. The lowest BCUT2D eigenvalue weighted by Crippen LogP contribution is -2.46. The van der Waals surface area contributed by atoms with Gasteiger partial charge in [-0.05, 0) is 69.7 Å². The molecule has 10 nitrogen and oxygen atoms in total. The molecule has 0 spiro atoms. The second-order valence-electron chi connectivity index (χ2n) is 12.5. The maximum atomic E-state index is 13.2. The smallest absolute Gasteiger partial charge is 0.293 e. The molecule has 0 fully saturated rings. The zero-order valence-electron chi connectivity index (χ0n) is 24.7. The van der Waals surface area contributed by atoms with Gasteiger partial charge in [-0.2, -0.15) is 10.1 Å². The molecule has 41 heavy (non-hydrogen) atoms. The molecule has 0 bridgehead atoms. The number of rotatable bonds is 5. The van der Waals surface area contributed by atoms with Gasteiger partial charge in [0, 0.05) is 28.9 Å². The Hall–Kier alpha value is -4.34. The molecule has 212 valence electrons. The van der Waals surface area contributed by atoms with Crippen LogP contribution in [0.5, 0.6) is 0 Å². The van der Waals surface area contributed by atoms with Gasteiger partial charge >= 0.3 is 0 Å². The molecule has 6 rings (SSSR count). The number of aryl methyl sites for hydroxylation is 1. The molecule has 1 amide bonds. The van der Waals surface area contributed by atoms with Gasteiger partial charge in [0.2, 0.25) is 5.89 Å². The van der Waals surface area contributed by atoms with Crippen molar-refractivity contribution in [1.29, 1.82) is 0 Å². The average Bonchev–Trinajstić information content (AvgIpc) is 3.66. The Morgan fingerprint density at radius 3 is 2.68 bits per heavy atom. The van der Waals surface area contributed by atoms with E-state index in [0.717, 1.165) is 58.6 Å². The molecule has 2 N–H and O–H groups in total. The van der Waals surface area contributed by atoms with E-state index in [4.69, 9.17) is 9.51 Å². The number of pyridine rings is 1. The number of hydrogen-bond acceptors (Lipinski definition) is 7. The molecule has 4 heterocycles. The molecule has 10 heteroatoms. The summed E-state index contributed by atoms with van der Waals surface area (Å²) in [6.07, 6.45) is 6.36. The third kappa shape index (κ3) is 4.71. The fraction of sp³-hybridized carbons (Fsp3) is 0.419. The lowest BCUT2D eigenvalue weighted by Gasteiger charge is -2.36. The zero-order chi connectivity index (χ0) is 29.1. The van der Waals surface area contributed by atoms with Crippen LogP contribution in [0.2, 0.25) is 0 Å². The molecule has 0 aliphatic heterocycles. The fourth-order valence-electron chi connectivity index (χ4n) is 5.79. The largest absolute Gasteiger partial charge is 0.340 e. The van der Waals surface area contributed by atoms with E-state index in [9.17, 15) is 4.79 Å². The second kappa shape index (κ2) is 9.64. The Kier molecular flexibility index (Phi) is 6.32. The number of nitrogens with one attached hydrogen (secondary N) is 2. The van der Waals surface area contributed by atoms with Crippen molar-refractivity contribution in [3.8, 4) is 22.5 Å². The van der Waals surface area contributed by atoms with Crippen LogP contribution in [0.25, 0.3) is 33.7 Å². The van der Waals surface area contributed by atoms with E-state index >= 15 is 0 Å². The Morgan fingerprint density at radius 2 is 1.98 bits per heavy atom. The molecule has 4 aromatic heterocycles. The van der Waals surface area contributed by atoms with E-state index < -0.39 is 5.54 Å². The van der Waals surface area contributed by atoms with Crippen LogP contribution in [0.4, 0.5) is 0 Å². The minimum atomic E-state index is -0.547. The number of aromatic nitrogens is 7. The Morgan fingerprint density at radius 1 is 1.17 bits per heavy atom. The standard InChI is InChI=1S/C31H36N8O2/c1-17(2)39-18(3)22(16-33-39)25-34-24-21(12-14-32-26(24)35-25)19-10-11-23-20(15-19)9-8-13-31(23,7)37-28(40)27-36-29(41-38-27)30(4,5)6/h10-12,14-17H,8-9,13H2,1-7H3,(H,37,40)(H,32,34,35)/t31-/m1/s1. The maximum Gasteiger partial charge on any atom is 0.293 e. The van der Waals surface area contributed by atoms with Crippen LogP contribution < -0.4 is 5.32 Å². The number of nitrogens with zero attached hydrogens (tertiary/aromatic N) is 6. The number of imidazole rings is 1. The van der Waals surface area contributed by atoms with Crippen molar-refractivity contribution in [1.82, 2.24) is 40.2 Å². The van der Waals surface area contributed by atoms with Crippen molar-refractivity contribution in [2.45, 2.75) is 84.7 Å². The molecule has 1 aliphatic rings. The van der Waals surface area contributed by atoms with Gasteiger partial charge in [-0.15, -0.1) is 0 Å². The highest BCUT2D eigenvalue weighted by molar-refractivity contribution is 5.92. The minimum absolute atomic E-state index is 0.0586. The highest BCUT2D eigenvalue weighted by Gasteiger charge is 2.35. The summed E-state index contributed by atoms with van der Waals surface area (Å²) >= 11 is 0. The van der Waals surface area contributed by atoms with Gasteiger partial charge in [0.1, 0.15) is 5.82 Å². The summed E-state index contributed by atoms with van der Waals surface area (Å²) in [6.45, 7) is 14.3. The highest BCUT2D eigenvalue weighted by Crippen LogP contribution is 2.38. The van der Waals surface area contributed by atoms with E-state index in [2.05, 4.69) is 76.4 Å². The Bertz CT molecular complexity index is 1770. The SMILES string of the molecule is Cc1c(-c2nc3nccc(-c4ccc5c(c4)CCC[C@@]5(C)NC(=O)c4noc(C(C)(C)C)n4)c3[nH]2)cnn1C(C)C. The molecule has 1 atom stereocenters. The molecular weight excluding hydrogens is 516 g/mol. The molecule has 1 aromatic carbocycles. The third-order valence-electron chi connectivity index (χ3n) is 7.97. The number of fused-ring (bicyclic) bond motifs is 2. The van der Waals surface area contributed by atoms with Crippen molar-refractivity contribution in [3.05, 3.63) is 65.2 Å². The van der Waals surface area contributed by atoms with Gasteiger partial charge in [0.25, 0.3) is 11.7 Å². The average molecular weight is 553 g/mol. The first-order valence-corrected chi connectivity index (χ1v) is 14.1. The van der Waals surface area contributed by atoms with Crippen LogP contribution in [-0.2, 0) is 17.4 Å². The van der Waals surface area contributed by atoms with Crippen LogP contribution in [0.3, 0.4) is 0 Å². The first-order valence-electron chi connectivity index (χ1n) is 14.1. The molecule has 5 aromatic rings. The maximum absolute atomic E-state index is 13.2. The van der Waals surface area contributed by atoms with Crippen molar-refractivity contribution in [2.24, 2.45) is 0 Å². The van der Waals surface area contributed by atoms with Crippen molar-refractivity contribution in [3.63, 3.8) is 0 Å². The normalized spacial score (nSPS) is 17.3. The van der Waals surface area contributed by atoms with Crippen molar-refractivity contribution in [2.75, 3.05) is 0 Å². The predicted molar refractivity (Wildman–Crippen MR) is 156 cm³/mol. The lowest BCUT2D eigenvalue weighted by atomic mass is 9.77. The van der Waals surface area contributed by atoms with Crippen LogP contribution in [0.15, 0.2) is 41.2 Å². The molecule has 0 saturated heterocycles. The number of aromatic amines is 1. The molecule has 1 aliphatic carbocycles. The van der Waals surface area contributed by atoms with Gasteiger partial charge < -0.3 is 14.8 Å². The molecule has 0 unspecified atom stereocenters. The van der Waals surface area contributed by atoms with Crippen molar-refractivity contribution < 1.29 is 9.32 Å².